The van der Waals surface area contributed by atoms with Crippen molar-refractivity contribution in [2.75, 3.05) is 0 Å². The summed E-state index contributed by atoms with van der Waals surface area (Å²) in [6.45, 7) is 0.152. The van der Waals surface area contributed by atoms with Gasteiger partial charge in [0.05, 0.1) is 0 Å². The summed E-state index contributed by atoms with van der Waals surface area (Å²) in [5.41, 5.74) is 2.72. The first-order valence-corrected chi connectivity index (χ1v) is 8.57. The molecule has 0 aliphatic carbocycles. The Morgan fingerprint density at radius 2 is 1.73 bits per heavy atom. The van der Waals surface area contributed by atoms with Gasteiger partial charge in [-0.3, -0.25) is 14.8 Å². The average Bonchev–Trinajstić information content (AvgIpc) is 2.60. The Balaban J connectivity index is 2.09. The third-order valence-electron chi connectivity index (χ3n) is 3.86. The first-order chi connectivity index (χ1) is 12.4. The van der Waals surface area contributed by atoms with Gasteiger partial charge in [0.25, 0.3) is 0 Å². The molecule has 0 aromatic heterocycles. The molecule has 0 radical (unpaired) electrons. The fourth-order valence-electron chi connectivity index (χ4n) is 2.54. The molecule has 2 aromatic rings. The molecule has 2 aromatic carbocycles. The van der Waals surface area contributed by atoms with Gasteiger partial charge in [-0.25, -0.2) is 5.48 Å². The van der Waals surface area contributed by atoms with Crippen LogP contribution in [0.25, 0.3) is 0 Å². The Kier molecular flexibility index (Phi) is 7.26. The number of hydroxylamine groups is 1. The van der Waals surface area contributed by atoms with Crippen LogP contribution in [0.1, 0.15) is 29.9 Å². The number of carbonyl (C=O) groups is 2. The van der Waals surface area contributed by atoms with Crippen LogP contribution in [0, 0.1) is 0 Å². The zero-order chi connectivity index (χ0) is 19.1. The summed E-state index contributed by atoms with van der Waals surface area (Å²) >= 11 is 12.1. The molecule has 0 fully saturated rings. The highest BCUT2D eigenvalue weighted by atomic mass is 35.5. The highest BCUT2D eigenvalue weighted by Crippen LogP contribution is 2.32. The van der Waals surface area contributed by atoms with Crippen molar-refractivity contribution in [3.63, 3.8) is 0 Å². The fraction of sp³-hybridized carbons (Fsp3) is 0.222. The number of hydrogen-bond acceptors (Lipinski definition) is 4. The average molecular weight is 397 g/mol. The second-order valence-corrected chi connectivity index (χ2v) is 6.56. The highest BCUT2D eigenvalue weighted by molar-refractivity contribution is 6.35. The van der Waals surface area contributed by atoms with E-state index in [1.54, 1.807) is 35.8 Å². The molecule has 0 saturated heterocycles. The summed E-state index contributed by atoms with van der Waals surface area (Å²) in [7, 11) is 0. The SMILES string of the molecule is O=C(CC(CC(=O)NCc1ccccc1O)c1ccc(Cl)cc1Cl)NO. The highest BCUT2D eigenvalue weighted by Gasteiger charge is 2.22. The van der Waals surface area contributed by atoms with Gasteiger partial charge >= 0.3 is 0 Å². The van der Waals surface area contributed by atoms with Gasteiger partial charge in [-0.1, -0.05) is 47.5 Å². The van der Waals surface area contributed by atoms with E-state index in [-0.39, 0.29) is 31.0 Å². The fourth-order valence-corrected chi connectivity index (χ4v) is 3.11. The van der Waals surface area contributed by atoms with Crippen molar-refractivity contribution in [1.29, 1.82) is 0 Å². The molecule has 138 valence electrons. The largest absolute Gasteiger partial charge is 0.508 e. The third-order valence-corrected chi connectivity index (χ3v) is 4.42. The van der Waals surface area contributed by atoms with Crippen molar-refractivity contribution < 1.29 is 19.9 Å². The number of phenolic OH excluding ortho intramolecular Hbond substituents is 1. The number of aromatic hydroxyl groups is 1. The van der Waals surface area contributed by atoms with E-state index in [0.29, 0.717) is 21.2 Å². The maximum atomic E-state index is 12.3. The number of benzene rings is 2. The molecular weight excluding hydrogens is 379 g/mol. The van der Waals surface area contributed by atoms with Gasteiger partial charge in [0, 0.05) is 40.9 Å². The van der Waals surface area contributed by atoms with E-state index in [4.69, 9.17) is 28.4 Å². The van der Waals surface area contributed by atoms with Crippen molar-refractivity contribution in [2.45, 2.75) is 25.3 Å². The molecule has 0 spiro atoms. The summed E-state index contributed by atoms with van der Waals surface area (Å²) in [6, 6.07) is 11.5. The Hall–Kier alpha value is -2.28. The molecule has 0 heterocycles. The minimum absolute atomic E-state index is 0.0254. The van der Waals surface area contributed by atoms with Crippen molar-refractivity contribution >= 4 is 35.0 Å². The third kappa shape index (κ3) is 5.62. The van der Waals surface area contributed by atoms with Crippen LogP contribution < -0.4 is 10.8 Å². The first kappa shape index (κ1) is 20.0. The second kappa shape index (κ2) is 9.43. The van der Waals surface area contributed by atoms with E-state index in [1.807, 2.05) is 0 Å². The summed E-state index contributed by atoms with van der Waals surface area (Å²) in [5, 5.41) is 22.0. The monoisotopic (exact) mass is 396 g/mol. The van der Waals surface area contributed by atoms with Gasteiger partial charge in [0.15, 0.2) is 0 Å². The van der Waals surface area contributed by atoms with Crippen LogP contribution in [0.15, 0.2) is 42.5 Å². The molecule has 0 saturated carbocycles. The van der Waals surface area contributed by atoms with Crippen LogP contribution in [-0.2, 0) is 16.1 Å². The lowest BCUT2D eigenvalue weighted by Crippen LogP contribution is -2.27. The van der Waals surface area contributed by atoms with Crippen molar-refractivity contribution in [3.8, 4) is 5.75 Å². The Bertz CT molecular complexity index is 799. The summed E-state index contributed by atoms with van der Waals surface area (Å²) in [5.74, 6) is -1.41. The summed E-state index contributed by atoms with van der Waals surface area (Å²) < 4.78 is 0. The quantitative estimate of drug-likeness (QED) is 0.425. The molecule has 8 heteroatoms. The molecular formula is C18H18Cl2N2O4. The zero-order valence-electron chi connectivity index (χ0n) is 13.7. The number of amides is 2. The molecule has 26 heavy (non-hydrogen) atoms. The van der Waals surface area contributed by atoms with Crippen LogP contribution in [0.2, 0.25) is 10.0 Å². The molecule has 2 rings (SSSR count). The zero-order valence-corrected chi connectivity index (χ0v) is 15.2. The molecule has 0 aliphatic rings. The van der Waals surface area contributed by atoms with Gasteiger partial charge in [0.2, 0.25) is 11.8 Å². The molecule has 0 bridgehead atoms. The number of halogens is 2. The topological polar surface area (TPSA) is 98.7 Å². The number of nitrogens with one attached hydrogen (secondary N) is 2. The Morgan fingerprint density at radius 3 is 2.38 bits per heavy atom. The predicted molar refractivity (Wildman–Crippen MR) is 98.3 cm³/mol. The lowest BCUT2D eigenvalue weighted by molar-refractivity contribution is -0.129. The summed E-state index contributed by atoms with van der Waals surface area (Å²) in [4.78, 5) is 23.9. The van der Waals surface area contributed by atoms with Crippen molar-refractivity contribution in [2.24, 2.45) is 0 Å². The number of hydrogen-bond donors (Lipinski definition) is 4. The van der Waals surface area contributed by atoms with E-state index >= 15 is 0 Å². The number of para-hydroxylation sites is 1. The molecule has 1 atom stereocenters. The van der Waals surface area contributed by atoms with E-state index in [0.717, 1.165) is 0 Å². The summed E-state index contributed by atoms with van der Waals surface area (Å²) in [6.07, 6.45) is -0.149. The van der Waals surface area contributed by atoms with E-state index in [2.05, 4.69) is 5.32 Å². The first-order valence-electron chi connectivity index (χ1n) is 7.82. The molecule has 2 amide bonds. The second-order valence-electron chi connectivity index (χ2n) is 5.71. The van der Waals surface area contributed by atoms with Crippen LogP contribution >= 0.6 is 23.2 Å². The van der Waals surface area contributed by atoms with E-state index in [9.17, 15) is 14.7 Å². The van der Waals surface area contributed by atoms with Crippen LogP contribution in [-0.4, -0.2) is 22.1 Å². The van der Waals surface area contributed by atoms with Gasteiger partial charge in [-0.05, 0) is 23.8 Å². The van der Waals surface area contributed by atoms with E-state index < -0.39 is 11.8 Å². The number of phenols is 1. The lowest BCUT2D eigenvalue weighted by atomic mass is 9.91. The van der Waals surface area contributed by atoms with Gasteiger partial charge in [-0.15, -0.1) is 0 Å². The minimum Gasteiger partial charge on any atom is -0.508 e. The molecule has 6 nitrogen and oxygen atoms in total. The van der Waals surface area contributed by atoms with Gasteiger partial charge in [-0.2, -0.15) is 0 Å². The smallest absolute Gasteiger partial charge is 0.243 e. The van der Waals surface area contributed by atoms with Crippen LogP contribution in [0.4, 0.5) is 0 Å². The molecule has 4 N–H and O–H groups in total. The maximum Gasteiger partial charge on any atom is 0.243 e. The number of carbonyl (C=O) groups excluding carboxylic acids is 2. The van der Waals surface area contributed by atoms with Crippen molar-refractivity contribution in [3.05, 3.63) is 63.6 Å². The normalized spacial score (nSPS) is 11.7. The standard InChI is InChI=1S/C18H18Cl2N2O4/c19-13-5-6-14(15(20)9-13)12(8-18(25)22-26)7-17(24)21-10-11-3-1-2-4-16(11)23/h1-6,9,12,23,26H,7-8,10H2,(H,21,24)(H,22,25). The maximum absolute atomic E-state index is 12.3. The minimum atomic E-state index is -0.630. The van der Waals surface area contributed by atoms with Gasteiger partial charge < -0.3 is 10.4 Å². The molecule has 1 unspecified atom stereocenters. The molecule has 0 aliphatic heterocycles. The Morgan fingerprint density at radius 1 is 1.04 bits per heavy atom. The van der Waals surface area contributed by atoms with Gasteiger partial charge in [0.1, 0.15) is 5.75 Å². The predicted octanol–water partition coefficient (Wildman–Crippen LogP) is 3.38. The lowest BCUT2D eigenvalue weighted by Gasteiger charge is -2.18. The number of rotatable bonds is 7. The Labute approximate surface area is 160 Å². The van der Waals surface area contributed by atoms with Crippen LogP contribution in [0.5, 0.6) is 5.75 Å². The van der Waals surface area contributed by atoms with E-state index in [1.165, 1.54) is 12.1 Å². The van der Waals surface area contributed by atoms with Crippen molar-refractivity contribution in [1.82, 2.24) is 10.8 Å². The van der Waals surface area contributed by atoms with Crippen LogP contribution in [0.3, 0.4) is 0 Å².